The van der Waals surface area contributed by atoms with Crippen molar-refractivity contribution in [2.24, 2.45) is 0 Å². The monoisotopic (exact) mass is 349 g/mol. The summed E-state index contributed by atoms with van der Waals surface area (Å²) in [4.78, 5) is 10.1. The molecule has 21 heavy (non-hydrogen) atoms. The van der Waals surface area contributed by atoms with E-state index in [1.165, 1.54) is 30.3 Å². The van der Waals surface area contributed by atoms with Gasteiger partial charge in [-0.15, -0.1) is 0 Å². The van der Waals surface area contributed by atoms with Crippen LogP contribution in [0.15, 0.2) is 40.9 Å². The molecular weight excluding hydrogens is 341 g/mol. The van der Waals surface area contributed by atoms with Gasteiger partial charge in [0.05, 0.1) is 16.6 Å². The van der Waals surface area contributed by atoms with Gasteiger partial charge in [-0.3, -0.25) is 10.1 Å². The van der Waals surface area contributed by atoms with Crippen molar-refractivity contribution in [3.8, 4) is 6.07 Å². The van der Waals surface area contributed by atoms with Gasteiger partial charge in [0.25, 0.3) is 5.69 Å². The van der Waals surface area contributed by atoms with Gasteiger partial charge in [0, 0.05) is 34.4 Å². The van der Waals surface area contributed by atoms with E-state index >= 15 is 0 Å². The van der Waals surface area contributed by atoms with E-state index in [0.717, 1.165) is 0 Å². The van der Waals surface area contributed by atoms with Gasteiger partial charge in [0.2, 0.25) is 0 Å². The van der Waals surface area contributed by atoms with Crippen LogP contribution in [0.1, 0.15) is 11.1 Å². The topological polar surface area (TPSA) is 79.0 Å². The second kappa shape index (κ2) is 6.33. The predicted molar refractivity (Wildman–Crippen MR) is 79.2 cm³/mol. The Kier molecular flexibility index (Phi) is 4.50. The molecule has 0 aliphatic heterocycles. The van der Waals surface area contributed by atoms with Crippen LogP contribution in [0.4, 0.5) is 15.8 Å². The van der Waals surface area contributed by atoms with Crippen molar-refractivity contribution in [1.82, 2.24) is 0 Å². The number of nitrogens with zero attached hydrogens (tertiary/aromatic N) is 2. The van der Waals surface area contributed by atoms with Gasteiger partial charge in [-0.05, 0) is 34.1 Å². The number of nitro groups is 1. The van der Waals surface area contributed by atoms with Crippen LogP contribution >= 0.6 is 15.9 Å². The Morgan fingerprint density at radius 2 is 2.10 bits per heavy atom. The minimum atomic E-state index is -0.491. The standard InChI is InChI=1S/C14H9BrFN3O2/c15-12-6-11(19(20)21)3-4-14(12)18-8-10-2-1-9(7-17)5-13(10)16/h1-6,18H,8H2. The first-order valence-electron chi connectivity index (χ1n) is 5.87. The van der Waals surface area contributed by atoms with Crippen molar-refractivity contribution < 1.29 is 9.31 Å². The Hall–Kier alpha value is -2.46. The second-order valence-corrected chi connectivity index (χ2v) is 5.05. The van der Waals surface area contributed by atoms with E-state index in [0.29, 0.717) is 15.7 Å². The molecule has 5 nitrogen and oxygen atoms in total. The predicted octanol–water partition coefficient (Wildman–Crippen LogP) is 3.98. The maximum atomic E-state index is 13.7. The molecule has 0 amide bonds. The highest BCUT2D eigenvalue weighted by Gasteiger charge is 2.10. The summed E-state index contributed by atoms with van der Waals surface area (Å²) in [6.07, 6.45) is 0. The Morgan fingerprint density at radius 1 is 1.33 bits per heavy atom. The third-order valence-corrected chi connectivity index (χ3v) is 3.47. The molecule has 1 N–H and O–H groups in total. The van der Waals surface area contributed by atoms with Crippen molar-refractivity contribution in [2.45, 2.75) is 6.54 Å². The second-order valence-electron chi connectivity index (χ2n) is 4.19. The van der Waals surface area contributed by atoms with E-state index in [4.69, 9.17) is 5.26 Å². The van der Waals surface area contributed by atoms with Crippen LogP contribution in [0, 0.1) is 27.3 Å². The molecule has 0 radical (unpaired) electrons. The molecule has 2 aromatic carbocycles. The maximum absolute atomic E-state index is 13.7. The number of hydrogen-bond acceptors (Lipinski definition) is 4. The van der Waals surface area contributed by atoms with Gasteiger partial charge in [-0.25, -0.2) is 4.39 Å². The third kappa shape index (κ3) is 3.55. The van der Waals surface area contributed by atoms with Crippen LogP contribution in [0.5, 0.6) is 0 Å². The van der Waals surface area contributed by atoms with Gasteiger partial charge >= 0.3 is 0 Å². The Labute approximate surface area is 128 Å². The number of rotatable bonds is 4. The van der Waals surface area contributed by atoms with Crippen LogP contribution < -0.4 is 5.32 Å². The number of halogens is 2. The number of nitriles is 1. The molecule has 0 spiro atoms. The number of nitro benzene ring substituents is 1. The van der Waals surface area contributed by atoms with E-state index in [1.54, 1.807) is 6.07 Å². The quantitative estimate of drug-likeness (QED) is 0.668. The summed E-state index contributed by atoms with van der Waals surface area (Å²) < 4.78 is 14.2. The molecule has 0 saturated heterocycles. The van der Waals surface area contributed by atoms with Crippen LogP contribution in [0.2, 0.25) is 0 Å². The molecule has 106 valence electrons. The van der Waals surface area contributed by atoms with Gasteiger partial charge in [0.1, 0.15) is 5.82 Å². The molecule has 0 bridgehead atoms. The van der Waals surface area contributed by atoms with Crippen LogP contribution in [-0.2, 0) is 6.54 Å². The largest absolute Gasteiger partial charge is 0.380 e. The first kappa shape index (κ1) is 14.9. The van der Waals surface area contributed by atoms with Crippen LogP contribution in [-0.4, -0.2) is 4.92 Å². The van der Waals surface area contributed by atoms with Gasteiger partial charge < -0.3 is 5.32 Å². The van der Waals surface area contributed by atoms with E-state index in [1.807, 2.05) is 6.07 Å². The number of hydrogen-bond donors (Lipinski definition) is 1. The highest BCUT2D eigenvalue weighted by Crippen LogP contribution is 2.27. The lowest BCUT2D eigenvalue weighted by Crippen LogP contribution is -2.03. The number of non-ortho nitro benzene ring substituents is 1. The van der Waals surface area contributed by atoms with Crippen molar-refractivity contribution >= 4 is 27.3 Å². The number of anilines is 1. The molecule has 0 aliphatic rings. The van der Waals surface area contributed by atoms with Gasteiger partial charge in [0.15, 0.2) is 0 Å². The lowest BCUT2D eigenvalue weighted by atomic mass is 10.1. The Bertz CT molecular complexity index is 743. The molecule has 0 heterocycles. The molecule has 7 heteroatoms. The zero-order chi connectivity index (χ0) is 15.4. The van der Waals surface area contributed by atoms with Gasteiger partial charge in [-0.1, -0.05) is 6.07 Å². The fourth-order valence-electron chi connectivity index (χ4n) is 1.71. The molecule has 0 aliphatic carbocycles. The summed E-state index contributed by atoms with van der Waals surface area (Å²) in [5.74, 6) is -0.473. The molecule has 2 aromatic rings. The summed E-state index contributed by atoms with van der Waals surface area (Å²) in [5.41, 5.74) is 1.24. The average Bonchev–Trinajstić information content (AvgIpc) is 2.46. The van der Waals surface area contributed by atoms with Crippen LogP contribution in [0.3, 0.4) is 0 Å². The van der Waals surface area contributed by atoms with Crippen LogP contribution in [0.25, 0.3) is 0 Å². The van der Waals surface area contributed by atoms with E-state index < -0.39 is 10.7 Å². The fraction of sp³-hybridized carbons (Fsp3) is 0.0714. The van der Waals surface area contributed by atoms with Crippen molar-refractivity contribution in [1.29, 1.82) is 5.26 Å². The highest BCUT2D eigenvalue weighted by atomic mass is 79.9. The van der Waals surface area contributed by atoms with Crippen molar-refractivity contribution in [3.05, 3.63) is 67.9 Å². The first-order valence-corrected chi connectivity index (χ1v) is 6.67. The molecule has 0 unspecified atom stereocenters. The van der Waals surface area contributed by atoms with Gasteiger partial charge in [-0.2, -0.15) is 5.26 Å². The first-order chi connectivity index (χ1) is 10.0. The summed E-state index contributed by atoms with van der Waals surface area (Å²) in [6.45, 7) is 0.202. The summed E-state index contributed by atoms with van der Waals surface area (Å²) in [7, 11) is 0. The molecule has 0 aromatic heterocycles. The van der Waals surface area contributed by atoms with E-state index in [2.05, 4.69) is 21.2 Å². The summed E-state index contributed by atoms with van der Waals surface area (Å²) in [6, 6.07) is 10.4. The maximum Gasteiger partial charge on any atom is 0.270 e. The minimum Gasteiger partial charge on any atom is -0.380 e. The lowest BCUT2D eigenvalue weighted by Gasteiger charge is -2.09. The zero-order valence-corrected chi connectivity index (χ0v) is 12.2. The number of nitrogens with one attached hydrogen (secondary N) is 1. The lowest BCUT2D eigenvalue weighted by molar-refractivity contribution is -0.384. The SMILES string of the molecule is N#Cc1ccc(CNc2ccc([N+](=O)[O-])cc2Br)c(F)c1. The third-order valence-electron chi connectivity index (χ3n) is 2.81. The molecule has 0 fully saturated rings. The average molecular weight is 350 g/mol. The smallest absolute Gasteiger partial charge is 0.270 e. The molecule has 0 atom stereocenters. The molecule has 2 rings (SSSR count). The Morgan fingerprint density at radius 3 is 2.67 bits per heavy atom. The van der Waals surface area contributed by atoms with E-state index in [9.17, 15) is 14.5 Å². The van der Waals surface area contributed by atoms with E-state index in [-0.39, 0.29) is 17.8 Å². The minimum absolute atomic E-state index is 0.0306. The zero-order valence-electron chi connectivity index (χ0n) is 10.6. The van der Waals surface area contributed by atoms with Crippen molar-refractivity contribution in [3.63, 3.8) is 0 Å². The summed E-state index contributed by atoms with van der Waals surface area (Å²) in [5, 5.41) is 22.3. The number of benzene rings is 2. The molecular formula is C14H9BrFN3O2. The summed E-state index contributed by atoms with van der Waals surface area (Å²) >= 11 is 3.23. The highest BCUT2D eigenvalue weighted by molar-refractivity contribution is 9.10. The molecule has 0 saturated carbocycles. The fourth-order valence-corrected chi connectivity index (χ4v) is 2.22. The Balaban J connectivity index is 2.13. The van der Waals surface area contributed by atoms with Crippen molar-refractivity contribution in [2.75, 3.05) is 5.32 Å². The normalized spacial score (nSPS) is 9.95.